The van der Waals surface area contributed by atoms with E-state index < -0.39 is 5.82 Å². The van der Waals surface area contributed by atoms with Crippen LogP contribution < -0.4 is 4.90 Å². The Morgan fingerprint density at radius 1 is 1.00 bits per heavy atom. The Bertz CT molecular complexity index is 681. The molecule has 2 amide bonds. The highest BCUT2D eigenvalue weighted by molar-refractivity contribution is 6.22. The van der Waals surface area contributed by atoms with E-state index in [9.17, 15) is 14.0 Å². The van der Waals surface area contributed by atoms with Gasteiger partial charge in [0.1, 0.15) is 5.82 Å². The van der Waals surface area contributed by atoms with Crippen molar-refractivity contribution < 1.29 is 14.0 Å². The van der Waals surface area contributed by atoms with E-state index in [0.717, 1.165) is 23.3 Å². The minimum absolute atomic E-state index is 0.150. The fourth-order valence-electron chi connectivity index (χ4n) is 5.57. The molecule has 1 aliphatic heterocycles. The van der Waals surface area contributed by atoms with Gasteiger partial charge in [0.2, 0.25) is 11.8 Å². The number of halogens is 1. The third-order valence-electron chi connectivity index (χ3n) is 6.49. The van der Waals surface area contributed by atoms with Gasteiger partial charge >= 0.3 is 0 Å². The lowest BCUT2D eigenvalue weighted by atomic mass is 9.59. The lowest BCUT2D eigenvalue weighted by Gasteiger charge is -2.42. The molecule has 4 aliphatic carbocycles. The summed E-state index contributed by atoms with van der Waals surface area (Å²) < 4.78 is 14.2. The van der Waals surface area contributed by atoms with Crippen molar-refractivity contribution in [1.29, 1.82) is 0 Å². The van der Waals surface area contributed by atoms with Crippen LogP contribution in [0.15, 0.2) is 18.2 Å². The zero-order valence-corrected chi connectivity index (χ0v) is 12.5. The molecule has 2 bridgehead atoms. The zero-order chi connectivity index (χ0) is 15.2. The van der Waals surface area contributed by atoms with Gasteiger partial charge in [-0.3, -0.25) is 9.59 Å². The Morgan fingerprint density at radius 3 is 2.18 bits per heavy atom. The fourth-order valence-corrected chi connectivity index (χ4v) is 5.57. The highest BCUT2D eigenvalue weighted by atomic mass is 19.1. The molecular weight excluding hydrogens is 281 g/mol. The summed E-state index contributed by atoms with van der Waals surface area (Å²) in [5, 5.41) is 0. The van der Waals surface area contributed by atoms with Gasteiger partial charge in [0.15, 0.2) is 0 Å². The van der Waals surface area contributed by atoms with Crippen LogP contribution in [0.5, 0.6) is 0 Å². The first-order valence-corrected chi connectivity index (χ1v) is 8.22. The number of benzene rings is 1. The molecule has 6 rings (SSSR count). The third-order valence-corrected chi connectivity index (χ3v) is 6.49. The number of amides is 2. The maximum absolute atomic E-state index is 14.2. The molecule has 1 aromatic rings. The van der Waals surface area contributed by atoms with Gasteiger partial charge in [0, 0.05) is 0 Å². The van der Waals surface area contributed by atoms with Crippen molar-refractivity contribution in [2.24, 2.45) is 35.5 Å². The molecule has 22 heavy (non-hydrogen) atoms. The van der Waals surface area contributed by atoms with Gasteiger partial charge in [0.25, 0.3) is 0 Å². The molecule has 0 spiro atoms. The van der Waals surface area contributed by atoms with Gasteiger partial charge in [-0.2, -0.15) is 0 Å². The maximum atomic E-state index is 14.2. The smallest absolute Gasteiger partial charge is 0.238 e. The van der Waals surface area contributed by atoms with Gasteiger partial charge in [-0.25, -0.2) is 9.29 Å². The van der Waals surface area contributed by atoms with E-state index in [0.29, 0.717) is 23.7 Å². The minimum Gasteiger partial charge on any atom is -0.274 e. The standard InChI is InChI=1S/C18H18FNO2/c1-8-2-5-13(19)14(6-8)20-17(21)15-9-3-4-10(12-7-11(9)12)16(15)18(20)22/h2,5-6,9-12,15-16H,3-4,7H2,1H3/t9-,10+,11-,12+,15-,16+. The lowest BCUT2D eigenvalue weighted by molar-refractivity contribution is -0.129. The summed E-state index contributed by atoms with van der Waals surface area (Å²) in [6.45, 7) is 1.85. The van der Waals surface area contributed by atoms with Crippen LogP contribution in [-0.4, -0.2) is 11.8 Å². The van der Waals surface area contributed by atoms with Crippen LogP contribution in [0.1, 0.15) is 24.8 Å². The maximum Gasteiger partial charge on any atom is 0.238 e. The number of carbonyl (C=O) groups excluding carboxylic acids is 2. The normalized spacial score (nSPS) is 41.6. The number of rotatable bonds is 1. The monoisotopic (exact) mass is 299 g/mol. The van der Waals surface area contributed by atoms with Gasteiger partial charge in [-0.15, -0.1) is 0 Å². The van der Waals surface area contributed by atoms with E-state index in [2.05, 4.69) is 0 Å². The molecule has 0 aromatic heterocycles. The van der Waals surface area contributed by atoms with Crippen molar-refractivity contribution >= 4 is 17.5 Å². The number of imide groups is 1. The predicted octanol–water partition coefficient (Wildman–Crippen LogP) is 2.92. The van der Waals surface area contributed by atoms with Crippen LogP contribution in [0.4, 0.5) is 10.1 Å². The summed E-state index contributed by atoms with van der Waals surface area (Å²) in [7, 11) is 0. The van der Waals surface area contributed by atoms with E-state index in [-0.39, 0.29) is 29.3 Å². The van der Waals surface area contributed by atoms with Crippen LogP contribution in [0.25, 0.3) is 0 Å². The van der Waals surface area contributed by atoms with E-state index in [4.69, 9.17) is 0 Å². The molecule has 3 nitrogen and oxygen atoms in total. The highest BCUT2D eigenvalue weighted by Gasteiger charge is 2.68. The molecule has 0 unspecified atom stereocenters. The van der Waals surface area contributed by atoms with Crippen molar-refractivity contribution in [3.63, 3.8) is 0 Å². The number of fused-ring (bicyclic) bond motifs is 1. The first-order chi connectivity index (χ1) is 10.6. The first-order valence-electron chi connectivity index (χ1n) is 8.22. The molecule has 0 N–H and O–H groups in total. The second-order valence-electron chi connectivity index (χ2n) is 7.49. The molecule has 5 fully saturated rings. The number of hydrogen-bond donors (Lipinski definition) is 0. The van der Waals surface area contributed by atoms with Crippen LogP contribution in [0, 0.1) is 48.2 Å². The van der Waals surface area contributed by atoms with Gasteiger partial charge < -0.3 is 0 Å². The largest absolute Gasteiger partial charge is 0.274 e. The molecule has 5 aliphatic rings. The molecule has 4 saturated carbocycles. The molecule has 6 atom stereocenters. The van der Waals surface area contributed by atoms with E-state index in [1.165, 1.54) is 12.5 Å². The Kier molecular flexibility index (Phi) is 2.31. The number of nitrogens with zero attached hydrogens (tertiary/aromatic N) is 1. The van der Waals surface area contributed by atoms with Crippen LogP contribution >= 0.6 is 0 Å². The summed E-state index contributed by atoms with van der Waals surface area (Å²) >= 11 is 0. The van der Waals surface area contributed by atoms with Crippen molar-refractivity contribution in [3.05, 3.63) is 29.6 Å². The second kappa shape index (κ2) is 3.98. The van der Waals surface area contributed by atoms with E-state index in [1.54, 1.807) is 12.1 Å². The number of anilines is 1. The lowest BCUT2D eigenvalue weighted by Crippen LogP contribution is -2.43. The summed E-state index contributed by atoms with van der Waals surface area (Å²) in [4.78, 5) is 27.0. The molecule has 0 radical (unpaired) electrons. The molecule has 1 saturated heterocycles. The molecular formula is C18H18FNO2. The Labute approximate surface area is 128 Å². The van der Waals surface area contributed by atoms with E-state index >= 15 is 0 Å². The van der Waals surface area contributed by atoms with Crippen molar-refractivity contribution in [2.75, 3.05) is 4.90 Å². The average Bonchev–Trinajstić information content (AvgIpc) is 3.28. The van der Waals surface area contributed by atoms with Gasteiger partial charge in [-0.1, -0.05) is 6.07 Å². The summed E-state index contributed by atoms with van der Waals surface area (Å²) in [5.41, 5.74) is 1.01. The molecule has 4 heteroatoms. The summed E-state index contributed by atoms with van der Waals surface area (Å²) in [5.74, 6) is 0.856. The highest BCUT2D eigenvalue weighted by Crippen LogP contribution is 2.68. The Hall–Kier alpha value is -1.71. The quantitative estimate of drug-likeness (QED) is 0.748. The van der Waals surface area contributed by atoms with Crippen molar-refractivity contribution in [3.8, 4) is 0 Å². The van der Waals surface area contributed by atoms with Crippen LogP contribution in [-0.2, 0) is 9.59 Å². The zero-order valence-electron chi connectivity index (χ0n) is 12.5. The molecule has 1 aromatic carbocycles. The van der Waals surface area contributed by atoms with Gasteiger partial charge in [0.05, 0.1) is 17.5 Å². The molecule has 114 valence electrons. The molecule has 1 heterocycles. The van der Waals surface area contributed by atoms with Crippen LogP contribution in [0.3, 0.4) is 0 Å². The Balaban J connectivity index is 1.60. The van der Waals surface area contributed by atoms with Crippen LogP contribution in [0.2, 0.25) is 0 Å². The topological polar surface area (TPSA) is 37.4 Å². The van der Waals surface area contributed by atoms with E-state index in [1.807, 2.05) is 6.92 Å². The fraction of sp³-hybridized carbons (Fsp3) is 0.556. The SMILES string of the molecule is Cc1ccc(F)c(N2C(=O)[C@@H]3[C@@H]4CC[C@@H]([C@@H]5C[C@@H]54)[C@@H]3C2=O)c1. The van der Waals surface area contributed by atoms with Crippen molar-refractivity contribution in [2.45, 2.75) is 26.2 Å². The number of carbonyl (C=O) groups is 2. The third kappa shape index (κ3) is 1.41. The number of hydrogen-bond acceptors (Lipinski definition) is 2. The average molecular weight is 299 g/mol. The summed E-state index contributed by atoms with van der Waals surface area (Å²) in [6, 6.07) is 4.63. The second-order valence-corrected chi connectivity index (χ2v) is 7.49. The minimum atomic E-state index is -0.483. The summed E-state index contributed by atoms with van der Waals surface area (Å²) in [6.07, 6.45) is 3.33. The Morgan fingerprint density at radius 2 is 1.59 bits per heavy atom. The number of aryl methyl sites for hydroxylation is 1. The predicted molar refractivity (Wildman–Crippen MR) is 78.4 cm³/mol. The van der Waals surface area contributed by atoms with Gasteiger partial charge in [-0.05, 0) is 67.6 Å². The van der Waals surface area contributed by atoms with Crippen molar-refractivity contribution in [1.82, 2.24) is 0 Å². The first kappa shape index (κ1) is 12.8.